The van der Waals surface area contributed by atoms with Gasteiger partial charge in [0.2, 0.25) is 0 Å². The molecule has 0 spiro atoms. The predicted octanol–water partition coefficient (Wildman–Crippen LogP) is 1.66. The smallest absolute Gasteiger partial charge is 0.123 e. The number of fused-ring (bicyclic) bond motifs is 1. The number of hydrogen-bond acceptors (Lipinski definition) is 3. The minimum atomic E-state index is -0.745. The molecule has 0 bridgehead atoms. The first-order valence-electron chi connectivity index (χ1n) is 6.34. The van der Waals surface area contributed by atoms with E-state index in [2.05, 4.69) is 37.4 Å². The van der Waals surface area contributed by atoms with Crippen molar-refractivity contribution in [3.05, 3.63) is 29.3 Å². The summed E-state index contributed by atoms with van der Waals surface area (Å²) in [6, 6.07) is 6.59. The lowest BCUT2D eigenvalue weighted by atomic mass is 10.1. The minimum Gasteiger partial charge on any atom is -0.488 e. The van der Waals surface area contributed by atoms with Crippen LogP contribution in [0.15, 0.2) is 18.2 Å². The summed E-state index contributed by atoms with van der Waals surface area (Å²) in [4.78, 5) is 0. The Labute approximate surface area is 111 Å². The lowest BCUT2D eigenvalue weighted by molar-refractivity contribution is 0.224. The van der Waals surface area contributed by atoms with Gasteiger partial charge >= 0.3 is 0 Å². The summed E-state index contributed by atoms with van der Waals surface area (Å²) in [7, 11) is -0.745. The highest BCUT2D eigenvalue weighted by Gasteiger charge is 2.22. The Balaban J connectivity index is 1.83. The highest BCUT2D eigenvalue weighted by atomic mass is 32.2. The Hall–Kier alpha value is -0.870. The van der Waals surface area contributed by atoms with Crippen molar-refractivity contribution in [1.82, 2.24) is 5.32 Å². The zero-order chi connectivity index (χ0) is 13.1. The van der Waals surface area contributed by atoms with Crippen LogP contribution in [0.4, 0.5) is 0 Å². The van der Waals surface area contributed by atoms with Crippen LogP contribution in [0.1, 0.15) is 18.1 Å². The highest BCUT2D eigenvalue weighted by Crippen LogP contribution is 2.29. The fourth-order valence-corrected chi connectivity index (χ4v) is 3.13. The highest BCUT2D eigenvalue weighted by molar-refractivity contribution is 7.84. The number of benzene rings is 1. The molecular weight excluding hydrogens is 246 g/mol. The van der Waals surface area contributed by atoms with E-state index in [9.17, 15) is 4.21 Å². The maximum Gasteiger partial charge on any atom is 0.123 e. The van der Waals surface area contributed by atoms with E-state index < -0.39 is 10.8 Å². The second-order valence-corrected chi connectivity index (χ2v) is 6.58. The summed E-state index contributed by atoms with van der Waals surface area (Å²) in [5.41, 5.74) is 2.58. The van der Waals surface area contributed by atoms with E-state index in [0.717, 1.165) is 18.7 Å². The Kier molecular flexibility index (Phi) is 4.40. The zero-order valence-electron chi connectivity index (χ0n) is 11.2. The first kappa shape index (κ1) is 13.6. The van der Waals surface area contributed by atoms with Gasteiger partial charge in [-0.25, -0.2) is 0 Å². The number of rotatable bonds is 5. The van der Waals surface area contributed by atoms with Crippen LogP contribution in [0, 0.1) is 6.92 Å². The lowest BCUT2D eigenvalue weighted by Gasteiger charge is -2.16. The average molecular weight is 267 g/mol. The van der Waals surface area contributed by atoms with E-state index in [1.165, 1.54) is 11.1 Å². The summed E-state index contributed by atoms with van der Waals surface area (Å²) >= 11 is 0. The molecule has 1 aliphatic heterocycles. The Morgan fingerprint density at radius 1 is 1.56 bits per heavy atom. The van der Waals surface area contributed by atoms with Crippen LogP contribution in [0.3, 0.4) is 0 Å². The Bertz CT molecular complexity index is 447. The zero-order valence-corrected chi connectivity index (χ0v) is 12.0. The average Bonchev–Trinajstić information content (AvgIpc) is 2.67. The van der Waals surface area contributed by atoms with Crippen LogP contribution in [0.5, 0.6) is 5.75 Å². The molecule has 3 nitrogen and oxygen atoms in total. The number of ether oxygens (including phenoxy) is 1. The Morgan fingerprint density at radius 2 is 2.33 bits per heavy atom. The van der Waals surface area contributed by atoms with E-state index in [0.29, 0.717) is 5.75 Å². The van der Waals surface area contributed by atoms with Crippen LogP contribution < -0.4 is 10.1 Å². The maximum atomic E-state index is 11.1. The second-order valence-electron chi connectivity index (χ2n) is 5.10. The van der Waals surface area contributed by atoms with Gasteiger partial charge in [0, 0.05) is 41.8 Å². The summed E-state index contributed by atoms with van der Waals surface area (Å²) < 4.78 is 17.0. The van der Waals surface area contributed by atoms with E-state index in [1.807, 2.05) is 0 Å². The second kappa shape index (κ2) is 5.85. The van der Waals surface area contributed by atoms with Gasteiger partial charge in [-0.3, -0.25) is 4.21 Å². The van der Waals surface area contributed by atoms with E-state index in [1.54, 1.807) is 6.26 Å². The number of aryl methyl sites for hydroxylation is 1. The van der Waals surface area contributed by atoms with Gasteiger partial charge in [0.1, 0.15) is 11.9 Å². The molecular formula is C14H21NO2S. The summed E-state index contributed by atoms with van der Waals surface area (Å²) in [6.45, 7) is 4.98. The third-order valence-electron chi connectivity index (χ3n) is 3.14. The van der Waals surface area contributed by atoms with E-state index >= 15 is 0 Å². The molecule has 1 heterocycles. The van der Waals surface area contributed by atoms with Gasteiger partial charge < -0.3 is 10.1 Å². The third kappa shape index (κ3) is 3.56. The molecule has 2 rings (SSSR count). The van der Waals surface area contributed by atoms with E-state index in [-0.39, 0.29) is 12.1 Å². The number of nitrogens with one attached hydrogen (secondary N) is 1. The topological polar surface area (TPSA) is 38.3 Å². The van der Waals surface area contributed by atoms with Crippen molar-refractivity contribution in [3.8, 4) is 5.75 Å². The van der Waals surface area contributed by atoms with Crippen molar-refractivity contribution in [2.24, 2.45) is 0 Å². The maximum absolute atomic E-state index is 11.1. The number of hydrogen-bond donors (Lipinski definition) is 1. The van der Waals surface area contributed by atoms with Crippen LogP contribution in [0.2, 0.25) is 0 Å². The van der Waals surface area contributed by atoms with Gasteiger partial charge in [0.15, 0.2) is 0 Å². The summed E-state index contributed by atoms with van der Waals surface area (Å²) in [5, 5.41) is 3.39. The monoisotopic (exact) mass is 267 g/mol. The SMILES string of the molecule is Cc1ccc2c(c1)CC(CNC(C)CS(C)=O)O2. The summed E-state index contributed by atoms with van der Waals surface area (Å²) in [5.74, 6) is 1.71. The van der Waals surface area contributed by atoms with Crippen LogP contribution in [0.25, 0.3) is 0 Å². The molecule has 3 unspecified atom stereocenters. The molecule has 1 aromatic carbocycles. The largest absolute Gasteiger partial charge is 0.488 e. The molecule has 0 saturated carbocycles. The normalized spacial score (nSPS) is 21.2. The first-order valence-corrected chi connectivity index (χ1v) is 8.07. The predicted molar refractivity (Wildman–Crippen MR) is 75.7 cm³/mol. The van der Waals surface area contributed by atoms with Crippen LogP contribution in [-0.4, -0.2) is 34.9 Å². The quantitative estimate of drug-likeness (QED) is 0.881. The van der Waals surface area contributed by atoms with Gasteiger partial charge in [0.25, 0.3) is 0 Å². The van der Waals surface area contributed by atoms with Gasteiger partial charge in [-0.2, -0.15) is 0 Å². The molecule has 1 N–H and O–H groups in total. The first-order chi connectivity index (χ1) is 8.54. The van der Waals surface area contributed by atoms with Gasteiger partial charge in [-0.1, -0.05) is 17.7 Å². The van der Waals surface area contributed by atoms with Crippen molar-refractivity contribution in [2.75, 3.05) is 18.6 Å². The van der Waals surface area contributed by atoms with Crippen molar-refractivity contribution in [3.63, 3.8) is 0 Å². The molecule has 1 aliphatic rings. The Morgan fingerprint density at radius 3 is 3.06 bits per heavy atom. The lowest BCUT2D eigenvalue weighted by Crippen LogP contribution is -2.38. The molecule has 100 valence electrons. The molecule has 0 amide bonds. The summed E-state index contributed by atoms with van der Waals surface area (Å²) in [6.07, 6.45) is 2.91. The molecule has 0 aliphatic carbocycles. The fraction of sp³-hybridized carbons (Fsp3) is 0.571. The van der Waals surface area contributed by atoms with Crippen molar-refractivity contribution < 1.29 is 8.95 Å². The molecule has 0 radical (unpaired) electrons. The molecule has 18 heavy (non-hydrogen) atoms. The van der Waals surface area contributed by atoms with Crippen molar-refractivity contribution >= 4 is 10.8 Å². The molecule has 1 aromatic rings. The van der Waals surface area contributed by atoms with Crippen LogP contribution >= 0.6 is 0 Å². The molecule has 3 atom stereocenters. The van der Waals surface area contributed by atoms with Gasteiger partial charge in [-0.05, 0) is 25.5 Å². The standard InChI is InChI=1S/C14H21NO2S/c1-10-4-5-14-12(6-10)7-13(17-14)8-15-11(2)9-18(3)16/h4-6,11,13,15H,7-9H2,1-3H3. The molecule has 0 saturated heterocycles. The van der Waals surface area contributed by atoms with Gasteiger partial charge in [0.05, 0.1) is 0 Å². The van der Waals surface area contributed by atoms with Crippen LogP contribution in [-0.2, 0) is 17.2 Å². The minimum absolute atomic E-state index is 0.203. The third-order valence-corrected chi connectivity index (χ3v) is 4.11. The molecule has 4 heteroatoms. The van der Waals surface area contributed by atoms with Crippen molar-refractivity contribution in [1.29, 1.82) is 0 Å². The van der Waals surface area contributed by atoms with Crippen molar-refractivity contribution in [2.45, 2.75) is 32.4 Å². The fourth-order valence-electron chi connectivity index (χ4n) is 2.31. The van der Waals surface area contributed by atoms with E-state index in [4.69, 9.17) is 4.74 Å². The molecule has 0 fully saturated rings. The van der Waals surface area contributed by atoms with Gasteiger partial charge in [-0.15, -0.1) is 0 Å². The molecule has 0 aromatic heterocycles.